The minimum absolute atomic E-state index is 0.149. The molecule has 0 spiro atoms. The van der Waals surface area contributed by atoms with E-state index in [4.69, 9.17) is 11.0 Å². The van der Waals surface area contributed by atoms with Gasteiger partial charge in [0.2, 0.25) is 5.92 Å². The van der Waals surface area contributed by atoms with Crippen LogP contribution in [0.3, 0.4) is 0 Å². The largest absolute Gasteiger partial charge is 0.330 e. The highest BCUT2D eigenvalue weighted by atomic mass is 19.3. The Morgan fingerprint density at radius 1 is 1.17 bits per heavy atom. The predicted molar refractivity (Wildman–Crippen MR) is 65.3 cm³/mol. The van der Waals surface area contributed by atoms with Crippen LogP contribution >= 0.6 is 0 Å². The van der Waals surface area contributed by atoms with Crippen molar-refractivity contribution in [2.24, 2.45) is 5.73 Å². The van der Waals surface area contributed by atoms with E-state index in [1.165, 1.54) is 0 Å². The van der Waals surface area contributed by atoms with Gasteiger partial charge < -0.3 is 5.73 Å². The normalized spacial score (nSPS) is 21.2. The molecule has 2 rings (SSSR count). The van der Waals surface area contributed by atoms with E-state index in [0.29, 0.717) is 24.9 Å². The Bertz CT molecular complexity index is 467. The van der Waals surface area contributed by atoms with Gasteiger partial charge in [0.15, 0.2) is 0 Å². The second-order valence-corrected chi connectivity index (χ2v) is 5.00. The highest BCUT2D eigenvalue weighted by Crippen LogP contribution is 2.45. The van der Waals surface area contributed by atoms with Gasteiger partial charge in [0.25, 0.3) is 0 Å². The molecule has 1 saturated carbocycles. The first-order valence-corrected chi connectivity index (χ1v) is 6.10. The van der Waals surface area contributed by atoms with Gasteiger partial charge in [-0.15, -0.1) is 0 Å². The first-order valence-electron chi connectivity index (χ1n) is 6.10. The Labute approximate surface area is 105 Å². The Balaban J connectivity index is 2.37. The minimum Gasteiger partial charge on any atom is -0.330 e. The van der Waals surface area contributed by atoms with Gasteiger partial charge in [0.1, 0.15) is 0 Å². The van der Waals surface area contributed by atoms with Crippen molar-refractivity contribution in [3.8, 4) is 6.07 Å². The number of nitrogens with zero attached hydrogens (tertiary/aromatic N) is 1. The SMILES string of the molecule is N#Cc1ccccc1C1(CN)CCC(F)(F)CC1. The average Bonchev–Trinajstić information content (AvgIpc) is 2.40. The third-order valence-electron chi connectivity index (χ3n) is 3.95. The zero-order valence-corrected chi connectivity index (χ0v) is 10.1. The molecule has 2 nitrogen and oxygen atoms in total. The van der Waals surface area contributed by atoms with Crippen LogP contribution in [0.5, 0.6) is 0 Å². The summed E-state index contributed by atoms with van der Waals surface area (Å²) < 4.78 is 26.6. The lowest BCUT2D eigenvalue weighted by Gasteiger charge is -2.40. The number of hydrogen-bond donors (Lipinski definition) is 1. The number of rotatable bonds is 2. The van der Waals surface area contributed by atoms with Gasteiger partial charge in [-0.05, 0) is 24.5 Å². The number of hydrogen-bond acceptors (Lipinski definition) is 2. The van der Waals surface area contributed by atoms with Crippen LogP contribution in [0.4, 0.5) is 8.78 Å². The van der Waals surface area contributed by atoms with Gasteiger partial charge in [-0.1, -0.05) is 18.2 Å². The summed E-state index contributed by atoms with van der Waals surface area (Å²) in [6.07, 6.45) is 0.387. The summed E-state index contributed by atoms with van der Waals surface area (Å²) in [5.41, 5.74) is 6.74. The molecule has 0 atom stereocenters. The molecule has 1 aromatic carbocycles. The van der Waals surface area contributed by atoms with Crippen LogP contribution in [-0.4, -0.2) is 12.5 Å². The topological polar surface area (TPSA) is 49.8 Å². The second kappa shape index (κ2) is 4.66. The monoisotopic (exact) mass is 250 g/mol. The van der Waals surface area contributed by atoms with E-state index < -0.39 is 11.3 Å². The van der Waals surface area contributed by atoms with E-state index in [2.05, 4.69) is 6.07 Å². The number of nitrogens with two attached hydrogens (primary N) is 1. The molecule has 4 heteroatoms. The second-order valence-electron chi connectivity index (χ2n) is 5.00. The molecular formula is C14H16F2N2. The van der Waals surface area contributed by atoms with E-state index in [0.717, 1.165) is 5.56 Å². The number of halogens is 2. The third-order valence-corrected chi connectivity index (χ3v) is 3.95. The average molecular weight is 250 g/mol. The molecule has 0 amide bonds. The van der Waals surface area contributed by atoms with Gasteiger partial charge in [0.05, 0.1) is 11.6 Å². The van der Waals surface area contributed by atoms with Gasteiger partial charge in [-0.3, -0.25) is 0 Å². The zero-order chi connectivity index (χ0) is 13.2. The summed E-state index contributed by atoms with van der Waals surface area (Å²) in [6, 6.07) is 9.31. The Morgan fingerprint density at radius 3 is 2.33 bits per heavy atom. The van der Waals surface area contributed by atoms with Crippen LogP contribution in [0.1, 0.15) is 36.8 Å². The first kappa shape index (κ1) is 13.0. The van der Waals surface area contributed by atoms with E-state index in [-0.39, 0.29) is 12.8 Å². The summed E-state index contributed by atoms with van der Waals surface area (Å²) in [6.45, 7) is 0.307. The van der Waals surface area contributed by atoms with E-state index in [1.807, 2.05) is 12.1 Å². The number of alkyl halides is 2. The van der Waals surface area contributed by atoms with Crippen LogP contribution in [0.25, 0.3) is 0 Å². The Hall–Kier alpha value is -1.47. The maximum Gasteiger partial charge on any atom is 0.248 e. The van der Waals surface area contributed by atoms with Gasteiger partial charge in [-0.25, -0.2) is 8.78 Å². The zero-order valence-electron chi connectivity index (χ0n) is 10.1. The van der Waals surface area contributed by atoms with Crippen molar-refractivity contribution >= 4 is 0 Å². The van der Waals surface area contributed by atoms with Crippen molar-refractivity contribution in [1.82, 2.24) is 0 Å². The Kier molecular flexibility index (Phi) is 3.36. The van der Waals surface area contributed by atoms with Gasteiger partial charge in [0, 0.05) is 24.8 Å². The molecule has 0 saturated heterocycles. The summed E-state index contributed by atoms with van der Waals surface area (Å²) in [7, 11) is 0. The minimum atomic E-state index is -2.58. The first-order chi connectivity index (χ1) is 8.53. The Morgan fingerprint density at radius 2 is 1.78 bits per heavy atom. The molecule has 0 heterocycles. The highest BCUT2D eigenvalue weighted by Gasteiger charge is 2.44. The fourth-order valence-electron chi connectivity index (χ4n) is 2.72. The third kappa shape index (κ3) is 2.23. The lowest BCUT2D eigenvalue weighted by Crippen LogP contribution is -2.42. The molecule has 1 aliphatic rings. The van der Waals surface area contributed by atoms with Crippen molar-refractivity contribution in [1.29, 1.82) is 5.26 Å². The quantitative estimate of drug-likeness (QED) is 0.877. The number of nitriles is 1. The number of benzene rings is 1. The van der Waals surface area contributed by atoms with Crippen molar-refractivity contribution < 1.29 is 8.78 Å². The molecule has 0 aliphatic heterocycles. The predicted octanol–water partition coefficient (Wildman–Crippen LogP) is 2.96. The van der Waals surface area contributed by atoms with Crippen LogP contribution in [0.2, 0.25) is 0 Å². The molecular weight excluding hydrogens is 234 g/mol. The molecule has 0 unspecified atom stereocenters. The molecule has 0 bridgehead atoms. The van der Waals surface area contributed by atoms with E-state index >= 15 is 0 Å². The lowest BCUT2D eigenvalue weighted by atomic mass is 9.67. The summed E-state index contributed by atoms with van der Waals surface area (Å²) in [4.78, 5) is 0. The van der Waals surface area contributed by atoms with Crippen molar-refractivity contribution in [2.75, 3.05) is 6.54 Å². The van der Waals surface area contributed by atoms with E-state index in [9.17, 15) is 8.78 Å². The standard InChI is InChI=1S/C14H16F2N2/c15-14(16)7-5-13(10-18,6-8-14)12-4-2-1-3-11(12)9-17/h1-4H,5-8,10,18H2. The van der Waals surface area contributed by atoms with Crippen molar-refractivity contribution in [3.63, 3.8) is 0 Å². The fraction of sp³-hybridized carbons (Fsp3) is 0.500. The van der Waals surface area contributed by atoms with Crippen molar-refractivity contribution in [2.45, 2.75) is 37.0 Å². The molecule has 2 N–H and O–H groups in total. The van der Waals surface area contributed by atoms with Gasteiger partial charge >= 0.3 is 0 Å². The highest BCUT2D eigenvalue weighted by molar-refractivity contribution is 5.43. The van der Waals surface area contributed by atoms with Crippen LogP contribution < -0.4 is 5.73 Å². The smallest absolute Gasteiger partial charge is 0.248 e. The maximum atomic E-state index is 13.3. The van der Waals surface area contributed by atoms with Crippen LogP contribution in [0.15, 0.2) is 24.3 Å². The molecule has 18 heavy (non-hydrogen) atoms. The van der Waals surface area contributed by atoms with Crippen LogP contribution in [-0.2, 0) is 5.41 Å². The fourth-order valence-corrected chi connectivity index (χ4v) is 2.72. The van der Waals surface area contributed by atoms with Crippen LogP contribution in [0, 0.1) is 11.3 Å². The van der Waals surface area contributed by atoms with E-state index in [1.54, 1.807) is 12.1 Å². The molecule has 1 aliphatic carbocycles. The molecule has 0 aromatic heterocycles. The molecule has 1 aromatic rings. The lowest BCUT2D eigenvalue weighted by molar-refractivity contribution is -0.0509. The van der Waals surface area contributed by atoms with Crippen molar-refractivity contribution in [3.05, 3.63) is 35.4 Å². The summed E-state index contributed by atoms with van der Waals surface area (Å²) >= 11 is 0. The summed E-state index contributed by atoms with van der Waals surface area (Å²) in [5, 5.41) is 9.12. The maximum absolute atomic E-state index is 13.3. The van der Waals surface area contributed by atoms with Gasteiger partial charge in [-0.2, -0.15) is 5.26 Å². The summed E-state index contributed by atoms with van der Waals surface area (Å²) in [5.74, 6) is -2.58. The molecule has 1 fully saturated rings. The molecule has 96 valence electrons. The molecule has 0 radical (unpaired) electrons.